The van der Waals surface area contributed by atoms with E-state index in [0.29, 0.717) is 11.5 Å². The van der Waals surface area contributed by atoms with Gasteiger partial charge in [-0.3, -0.25) is 9.59 Å². The molecule has 128 valence electrons. The Morgan fingerprint density at radius 3 is 2.68 bits per heavy atom. The summed E-state index contributed by atoms with van der Waals surface area (Å²) in [6.45, 7) is 1.44. The van der Waals surface area contributed by atoms with Gasteiger partial charge in [-0.1, -0.05) is 18.2 Å². The van der Waals surface area contributed by atoms with Crippen molar-refractivity contribution in [3.05, 3.63) is 70.3 Å². The number of fused-ring (bicyclic) bond motifs is 1. The topological polar surface area (TPSA) is 58.1 Å². The maximum Gasteiger partial charge on any atom is 0.254 e. The molecule has 5 heteroatoms. The first-order valence-electron chi connectivity index (χ1n) is 8.65. The van der Waals surface area contributed by atoms with Crippen LogP contribution in [0.2, 0.25) is 0 Å². The van der Waals surface area contributed by atoms with Crippen LogP contribution in [0.25, 0.3) is 10.9 Å². The number of carbonyl (C=O) groups excluding carboxylic acids is 1. The van der Waals surface area contributed by atoms with Crippen LogP contribution < -0.4 is 5.56 Å². The standard InChI is InChI=1S/C20H21N3O2/c1-22-9-6-15(12-19(22)24)20(25)23-10-7-14(8-11-23)17-13-21-18-5-3-2-4-16(17)18/h2-6,9,12-14,21H,7-8,10-11H2,1H3. The molecule has 0 radical (unpaired) electrons. The van der Waals surface area contributed by atoms with Gasteiger partial charge in [0.05, 0.1) is 0 Å². The molecule has 3 heterocycles. The number of likely N-dealkylation sites (tertiary alicyclic amines) is 1. The third kappa shape index (κ3) is 2.86. The van der Waals surface area contributed by atoms with Crippen molar-refractivity contribution in [2.24, 2.45) is 7.05 Å². The van der Waals surface area contributed by atoms with Gasteiger partial charge in [-0.05, 0) is 36.5 Å². The summed E-state index contributed by atoms with van der Waals surface area (Å²) in [7, 11) is 1.68. The fraction of sp³-hybridized carbons (Fsp3) is 0.300. The number of hydrogen-bond donors (Lipinski definition) is 1. The number of aromatic amines is 1. The summed E-state index contributed by atoms with van der Waals surface area (Å²) in [5.41, 5.74) is 2.83. The molecule has 1 N–H and O–H groups in total. The predicted octanol–water partition coefficient (Wildman–Crippen LogP) is 2.89. The summed E-state index contributed by atoms with van der Waals surface area (Å²) in [4.78, 5) is 29.6. The minimum Gasteiger partial charge on any atom is -0.361 e. The van der Waals surface area contributed by atoms with Crippen LogP contribution in [0.4, 0.5) is 0 Å². The normalized spacial score (nSPS) is 15.6. The Bertz CT molecular complexity index is 978. The number of aryl methyl sites for hydroxylation is 1. The van der Waals surface area contributed by atoms with E-state index in [4.69, 9.17) is 0 Å². The molecule has 1 aliphatic heterocycles. The molecule has 1 fully saturated rings. The van der Waals surface area contributed by atoms with Gasteiger partial charge >= 0.3 is 0 Å². The van der Waals surface area contributed by atoms with Gasteiger partial charge in [-0.15, -0.1) is 0 Å². The van der Waals surface area contributed by atoms with E-state index in [1.807, 2.05) is 11.0 Å². The second-order valence-corrected chi connectivity index (χ2v) is 6.72. The lowest BCUT2D eigenvalue weighted by Crippen LogP contribution is -2.38. The van der Waals surface area contributed by atoms with Crippen molar-refractivity contribution >= 4 is 16.8 Å². The second kappa shape index (κ2) is 6.24. The first-order chi connectivity index (χ1) is 12.1. The molecule has 0 spiro atoms. The molecule has 25 heavy (non-hydrogen) atoms. The summed E-state index contributed by atoms with van der Waals surface area (Å²) in [6.07, 6.45) is 5.64. The minimum absolute atomic E-state index is 0.0462. The number of nitrogens with one attached hydrogen (secondary N) is 1. The fourth-order valence-corrected chi connectivity index (χ4v) is 3.69. The summed E-state index contributed by atoms with van der Waals surface area (Å²) in [5, 5.41) is 1.28. The summed E-state index contributed by atoms with van der Waals surface area (Å²) >= 11 is 0. The van der Waals surface area contributed by atoms with Crippen LogP contribution in [0.3, 0.4) is 0 Å². The van der Waals surface area contributed by atoms with E-state index in [-0.39, 0.29) is 11.5 Å². The van der Waals surface area contributed by atoms with E-state index in [2.05, 4.69) is 29.4 Å². The Balaban J connectivity index is 1.48. The van der Waals surface area contributed by atoms with Gasteiger partial charge in [-0.25, -0.2) is 0 Å². The van der Waals surface area contributed by atoms with Crippen LogP contribution in [0.1, 0.15) is 34.7 Å². The van der Waals surface area contributed by atoms with Gasteiger partial charge in [0.25, 0.3) is 11.5 Å². The predicted molar refractivity (Wildman–Crippen MR) is 97.9 cm³/mol. The van der Waals surface area contributed by atoms with Gasteiger partial charge < -0.3 is 14.5 Å². The van der Waals surface area contributed by atoms with Crippen LogP contribution in [0, 0.1) is 0 Å². The van der Waals surface area contributed by atoms with Gasteiger partial charge in [-0.2, -0.15) is 0 Å². The van der Waals surface area contributed by atoms with Crippen LogP contribution >= 0.6 is 0 Å². The molecule has 0 unspecified atom stereocenters. The zero-order chi connectivity index (χ0) is 17.4. The van der Waals surface area contributed by atoms with Crippen LogP contribution in [-0.4, -0.2) is 33.4 Å². The largest absolute Gasteiger partial charge is 0.361 e. The average Bonchev–Trinajstić information content (AvgIpc) is 3.08. The molecule has 0 atom stereocenters. The zero-order valence-electron chi connectivity index (χ0n) is 14.2. The third-order valence-corrected chi connectivity index (χ3v) is 5.19. The van der Waals surface area contributed by atoms with E-state index in [0.717, 1.165) is 31.4 Å². The van der Waals surface area contributed by atoms with Crippen molar-refractivity contribution in [1.82, 2.24) is 14.5 Å². The smallest absolute Gasteiger partial charge is 0.254 e. The summed E-state index contributed by atoms with van der Waals surface area (Å²) in [5.74, 6) is 0.416. The monoisotopic (exact) mass is 335 g/mol. The Kier molecular flexibility index (Phi) is 3.92. The highest BCUT2D eigenvalue weighted by Crippen LogP contribution is 2.33. The number of aromatic nitrogens is 2. The lowest BCUT2D eigenvalue weighted by molar-refractivity contribution is 0.0713. The number of hydrogen-bond acceptors (Lipinski definition) is 2. The number of nitrogens with zero attached hydrogens (tertiary/aromatic N) is 2. The molecule has 1 aliphatic rings. The van der Waals surface area contributed by atoms with Crippen molar-refractivity contribution in [3.8, 4) is 0 Å². The van der Waals surface area contributed by atoms with Crippen LogP contribution in [0.15, 0.2) is 53.6 Å². The van der Waals surface area contributed by atoms with Gasteiger partial charge in [0, 0.05) is 55.1 Å². The van der Waals surface area contributed by atoms with Crippen molar-refractivity contribution < 1.29 is 4.79 Å². The molecule has 2 aromatic heterocycles. The second-order valence-electron chi connectivity index (χ2n) is 6.72. The Morgan fingerprint density at radius 2 is 1.92 bits per heavy atom. The molecule has 5 nitrogen and oxygen atoms in total. The Labute approximate surface area is 145 Å². The zero-order valence-corrected chi connectivity index (χ0v) is 14.2. The van der Waals surface area contributed by atoms with Crippen molar-refractivity contribution in [2.75, 3.05) is 13.1 Å². The molecule has 4 rings (SSSR count). The molecule has 0 bridgehead atoms. The number of H-pyrrole nitrogens is 1. The van der Waals surface area contributed by atoms with Crippen molar-refractivity contribution in [2.45, 2.75) is 18.8 Å². The number of pyridine rings is 1. The maximum atomic E-state index is 12.6. The highest BCUT2D eigenvalue weighted by molar-refractivity contribution is 5.94. The SMILES string of the molecule is Cn1ccc(C(=O)N2CCC(c3c[nH]c4ccccc34)CC2)cc1=O. The van der Waals surface area contributed by atoms with E-state index >= 15 is 0 Å². The van der Waals surface area contributed by atoms with Gasteiger partial charge in [0.15, 0.2) is 0 Å². The Morgan fingerprint density at radius 1 is 1.16 bits per heavy atom. The van der Waals surface area contributed by atoms with E-state index in [1.165, 1.54) is 21.6 Å². The molecule has 1 saturated heterocycles. The number of para-hydroxylation sites is 1. The molecule has 1 amide bonds. The molecule has 0 aliphatic carbocycles. The van der Waals surface area contributed by atoms with Crippen LogP contribution in [0.5, 0.6) is 0 Å². The minimum atomic E-state index is -0.153. The first kappa shape index (κ1) is 15.7. The van der Waals surface area contributed by atoms with Crippen molar-refractivity contribution in [1.29, 1.82) is 0 Å². The number of benzene rings is 1. The highest BCUT2D eigenvalue weighted by atomic mass is 16.2. The number of piperidine rings is 1. The molecule has 3 aromatic rings. The summed E-state index contributed by atoms with van der Waals surface area (Å²) in [6, 6.07) is 11.5. The first-order valence-corrected chi connectivity index (χ1v) is 8.65. The van der Waals surface area contributed by atoms with E-state index in [9.17, 15) is 9.59 Å². The highest BCUT2D eigenvalue weighted by Gasteiger charge is 2.26. The molecule has 1 aromatic carbocycles. The number of carbonyl (C=O) groups is 1. The molecular weight excluding hydrogens is 314 g/mol. The van der Waals surface area contributed by atoms with Gasteiger partial charge in [0.1, 0.15) is 0 Å². The fourth-order valence-electron chi connectivity index (χ4n) is 3.69. The number of rotatable bonds is 2. The Hall–Kier alpha value is -2.82. The van der Waals surface area contributed by atoms with E-state index < -0.39 is 0 Å². The maximum absolute atomic E-state index is 12.6. The van der Waals surface area contributed by atoms with Crippen molar-refractivity contribution in [3.63, 3.8) is 0 Å². The van der Waals surface area contributed by atoms with E-state index in [1.54, 1.807) is 19.3 Å². The lowest BCUT2D eigenvalue weighted by Gasteiger charge is -2.32. The quantitative estimate of drug-likeness (QED) is 0.783. The summed E-state index contributed by atoms with van der Waals surface area (Å²) < 4.78 is 1.47. The lowest BCUT2D eigenvalue weighted by atomic mass is 9.89. The third-order valence-electron chi connectivity index (χ3n) is 5.19. The molecule has 0 saturated carbocycles. The average molecular weight is 335 g/mol. The molecular formula is C20H21N3O2. The van der Waals surface area contributed by atoms with Crippen LogP contribution in [-0.2, 0) is 7.05 Å². The number of amides is 1. The van der Waals surface area contributed by atoms with Gasteiger partial charge in [0.2, 0.25) is 0 Å².